The molecule has 3 heterocycles. The summed E-state index contributed by atoms with van der Waals surface area (Å²) >= 11 is 0. The van der Waals surface area contributed by atoms with Gasteiger partial charge in [0.1, 0.15) is 12.1 Å². The molecule has 2 N–H and O–H groups in total. The summed E-state index contributed by atoms with van der Waals surface area (Å²) in [4.78, 5) is 24.0. The number of carbonyl (C=O) groups is 1. The number of aliphatic carboxylic acids is 1. The molecule has 0 saturated heterocycles. The van der Waals surface area contributed by atoms with E-state index < -0.39 is 5.97 Å². The number of aromatic nitrogens is 2. The van der Waals surface area contributed by atoms with E-state index >= 15 is 0 Å². The number of carboxylic acid groups (broad SMARTS) is 1. The molecule has 0 aromatic carbocycles. The Labute approximate surface area is 180 Å². The quantitative estimate of drug-likeness (QED) is 0.503. The molecule has 6 nitrogen and oxygen atoms in total. The van der Waals surface area contributed by atoms with Gasteiger partial charge in [0.2, 0.25) is 0 Å². The highest BCUT2D eigenvalue weighted by atomic mass is 16.4. The maximum Gasteiger partial charge on any atom is 0.303 e. The monoisotopic (exact) mass is 412 g/mol. The van der Waals surface area contributed by atoms with Crippen molar-refractivity contribution in [3.8, 4) is 0 Å². The van der Waals surface area contributed by atoms with E-state index in [1.807, 2.05) is 13.8 Å². The van der Waals surface area contributed by atoms with Crippen LogP contribution < -0.4 is 5.32 Å². The lowest BCUT2D eigenvalue weighted by atomic mass is 9.92. The Morgan fingerprint density at radius 2 is 1.93 bits per heavy atom. The lowest BCUT2D eigenvalue weighted by molar-refractivity contribution is -0.137. The van der Waals surface area contributed by atoms with E-state index in [2.05, 4.69) is 27.4 Å². The second kappa shape index (κ2) is 13.7. The fourth-order valence-corrected chi connectivity index (χ4v) is 3.90. The van der Waals surface area contributed by atoms with Crippen LogP contribution >= 0.6 is 0 Å². The minimum Gasteiger partial charge on any atom is -0.481 e. The summed E-state index contributed by atoms with van der Waals surface area (Å²) in [6, 6.07) is 0. The first kappa shape index (κ1) is 23.8. The molecule has 0 amide bonds. The van der Waals surface area contributed by atoms with E-state index in [0.29, 0.717) is 0 Å². The van der Waals surface area contributed by atoms with Crippen LogP contribution in [0.1, 0.15) is 89.5 Å². The number of hydrogen-bond donors (Lipinski definition) is 2. The molecule has 2 aliphatic heterocycles. The van der Waals surface area contributed by atoms with Crippen LogP contribution in [0.2, 0.25) is 0 Å². The third-order valence-electron chi connectivity index (χ3n) is 5.42. The SMILES string of the molecule is CC.O=C(O)CC(CCCCCCC1=NC2=C(CC=C1)CCCN2)c1cncnc1. The van der Waals surface area contributed by atoms with Crippen LogP contribution in [0, 0.1) is 0 Å². The molecule has 30 heavy (non-hydrogen) atoms. The Morgan fingerprint density at radius 3 is 2.70 bits per heavy atom. The van der Waals surface area contributed by atoms with Crippen LogP contribution in [0.4, 0.5) is 0 Å². The summed E-state index contributed by atoms with van der Waals surface area (Å²) in [5.41, 5.74) is 3.53. The van der Waals surface area contributed by atoms with Gasteiger partial charge in [-0.25, -0.2) is 15.0 Å². The molecule has 0 bridgehead atoms. The van der Waals surface area contributed by atoms with Crippen molar-refractivity contribution in [1.82, 2.24) is 15.3 Å². The third kappa shape index (κ3) is 8.09. The second-order valence-electron chi connectivity index (χ2n) is 7.61. The van der Waals surface area contributed by atoms with Crippen LogP contribution in [-0.2, 0) is 4.79 Å². The number of aliphatic imine (C=N–C) groups is 1. The van der Waals surface area contributed by atoms with E-state index in [0.717, 1.165) is 69.3 Å². The average Bonchev–Trinajstić information content (AvgIpc) is 2.99. The zero-order valence-corrected chi connectivity index (χ0v) is 18.4. The Kier molecular flexibility index (Phi) is 10.8. The van der Waals surface area contributed by atoms with E-state index in [4.69, 9.17) is 10.1 Å². The fourth-order valence-electron chi connectivity index (χ4n) is 3.90. The molecular weight excluding hydrogens is 376 g/mol. The van der Waals surface area contributed by atoms with Crippen LogP contribution in [-0.4, -0.2) is 33.3 Å². The van der Waals surface area contributed by atoms with Gasteiger partial charge >= 0.3 is 5.97 Å². The number of nitrogens with one attached hydrogen (secondary N) is 1. The summed E-state index contributed by atoms with van der Waals surface area (Å²) in [5, 5.41) is 12.6. The van der Waals surface area contributed by atoms with Crippen molar-refractivity contribution in [1.29, 1.82) is 0 Å². The number of nitrogens with zero attached hydrogens (tertiary/aromatic N) is 3. The van der Waals surface area contributed by atoms with Crippen LogP contribution in [0.5, 0.6) is 0 Å². The van der Waals surface area contributed by atoms with E-state index in [-0.39, 0.29) is 12.3 Å². The predicted octanol–water partition coefficient (Wildman–Crippen LogP) is 5.40. The molecule has 0 spiro atoms. The van der Waals surface area contributed by atoms with Crippen LogP contribution in [0.3, 0.4) is 0 Å². The first-order valence-corrected chi connectivity index (χ1v) is 11.4. The molecule has 0 saturated carbocycles. The molecule has 6 heteroatoms. The number of allylic oxidation sites excluding steroid dienone is 3. The normalized spacial score (nSPS) is 16.4. The highest BCUT2D eigenvalue weighted by molar-refractivity contribution is 5.96. The maximum absolute atomic E-state index is 11.2. The third-order valence-corrected chi connectivity index (χ3v) is 5.42. The van der Waals surface area contributed by atoms with Crippen molar-refractivity contribution in [2.75, 3.05) is 6.54 Å². The molecule has 1 atom stereocenters. The van der Waals surface area contributed by atoms with Crippen molar-refractivity contribution in [3.05, 3.63) is 47.8 Å². The number of carboxylic acids is 1. The van der Waals surface area contributed by atoms with Gasteiger partial charge in [-0.1, -0.05) is 39.2 Å². The Morgan fingerprint density at radius 1 is 1.17 bits per heavy atom. The van der Waals surface area contributed by atoms with Crippen LogP contribution in [0.25, 0.3) is 0 Å². The number of unbranched alkanes of at least 4 members (excludes halogenated alkanes) is 3. The minimum absolute atomic E-state index is 0.00407. The molecule has 1 unspecified atom stereocenters. The average molecular weight is 413 g/mol. The zero-order valence-electron chi connectivity index (χ0n) is 18.4. The van der Waals surface area contributed by atoms with Gasteiger partial charge in [0, 0.05) is 24.7 Å². The van der Waals surface area contributed by atoms with Gasteiger partial charge in [-0.2, -0.15) is 0 Å². The Hall–Kier alpha value is -2.50. The summed E-state index contributed by atoms with van der Waals surface area (Å²) in [6.45, 7) is 5.03. The summed E-state index contributed by atoms with van der Waals surface area (Å²) in [7, 11) is 0. The molecular formula is C24H36N4O2. The Balaban J connectivity index is 0.00000155. The first-order chi connectivity index (χ1) is 14.7. The summed E-state index contributed by atoms with van der Waals surface area (Å²) < 4.78 is 0. The highest BCUT2D eigenvalue weighted by Gasteiger charge is 2.16. The Bertz CT molecular complexity index is 741. The van der Waals surface area contributed by atoms with Gasteiger partial charge in [-0.15, -0.1) is 0 Å². The molecule has 164 valence electrons. The first-order valence-electron chi connectivity index (χ1n) is 11.4. The molecule has 1 aromatic rings. The molecule has 0 aliphatic carbocycles. The summed E-state index contributed by atoms with van der Waals surface area (Å²) in [6.07, 6.45) is 19.1. The smallest absolute Gasteiger partial charge is 0.303 e. The lowest BCUT2D eigenvalue weighted by Gasteiger charge is -2.17. The molecule has 3 rings (SSSR count). The highest BCUT2D eigenvalue weighted by Crippen LogP contribution is 2.26. The molecule has 0 radical (unpaired) electrons. The second-order valence-corrected chi connectivity index (χ2v) is 7.61. The van der Waals surface area contributed by atoms with Gasteiger partial charge in [-0.3, -0.25) is 4.79 Å². The van der Waals surface area contributed by atoms with Crippen LogP contribution in [0.15, 0.2) is 47.3 Å². The standard InChI is InChI=1S/C22H30N4O2.C2H6/c27-21(28)13-18(19-14-23-16-24-15-19)7-3-1-2-4-10-20-11-5-8-17-9-6-12-25-22(17)26-20;1-2/h5,11,14-16,18,25H,1-4,6-10,12-13H2,(H,27,28);1-2H3. The predicted molar refractivity (Wildman–Crippen MR) is 122 cm³/mol. The molecule has 1 aromatic heterocycles. The van der Waals surface area contributed by atoms with Gasteiger partial charge in [0.05, 0.1) is 6.42 Å². The summed E-state index contributed by atoms with van der Waals surface area (Å²) in [5.74, 6) is 0.334. The van der Waals surface area contributed by atoms with Crippen molar-refractivity contribution < 1.29 is 9.90 Å². The number of rotatable bonds is 10. The molecule has 0 fully saturated rings. The van der Waals surface area contributed by atoms with E-state index in [1.165, 1.54) is 24.0 Å². The fraction of sp³-hybridized carbons (Fsp3) is 0.583. The van der Waals surface area contributed by atoms with Crippen molar-refractivity contribution in [2.24, 2.45) is 4.99 Å². The zero-order chi connectivity index (χ0) is 21.6. The maximum atomic E-state index is 11.2. The minimum atomic E-state index is -0.767. The topological polar surface area (TPSA) is 87.5 Å². The van der Waals surface area contributed by atoms with Gasteiger partial charge in [0.15, 0.2) is 0 Å². The van der Waals surface area contributed by atoms with Crippen molar-refractivity contribution >= 4 is 11.7 Å². The lowest BCUT2D eigenvalue weighted by Crippen LogP contribution is -2.20. The van der Waals surface area contributed by atoms with Crippen molar-refractivity contribution in [3.63, 3.8) is 0 Å². The largest absolute Gasteiger partial charge is 0.481 e. The molecule has 2 aliphatic rings. The number of hydrogen-bond acceptors (Lipinski definition) is 5. The van der Waals surface area contributed by atoms with Gasteiger partial charge in [0.25, 0.3) is 0 Å². The van der Waals surface area contributed by atoms with Gasteiger partial charge < -0.3 is 10.4 Å². The van der Waals surface area contributed by atoms with E-state index in [1.54, 1.807) is 12.4 Å². The van der Waals surface area contributed by atoms with Crippen molar-refractivity contribution in [2.45, 2.75) is 84.0 Å². The van der Waals surface area contributed by atoms with E-state index in [9.17, 15) is 4.79 Å². The van der Waals surface area contributed by atoms with Gasteiger partial charge in [-0.05, 0) is 61.7 Å².